The fourth-order valence-corrected chi connectivity index (χ4v) is 0.916. The van der Waals surface area contributed by atoms with E-state index in [0.29, 0.717) is 12.0 Å². The highest BCUT2D eigenvalue weighted by Gasteiger charge is 1.93. The van der Waals surface area contributed by atoms with Gasteiger partial charge in [-0.15, -0.1) is 0 Å². The number of allylic oxidation sites excluding steroid dienone is 1. The smallest absolute Gasteiger partial charge is 0.144 e. The average Bonchev–Trinajstić information content (AvgIpc) is 2.06. The maximum atomic E-state index is 10.1. The van der Waals surface area contributed by atoms with Gasteiger partial charge >= 0.3 is 0 Å². The molecule has 0 fully saturated rings. The Morgan fingerprint density at radius 1 is 1.33 bits per heavy atom. The van der Waals surface area contributed by atoms with Gasteiger partial charge in [-0.25, -0.2) is 0 Å². The first kappa shape index (κ1) is 8.53. The summed E-state index contributed by atoms with van der Waals surface area (Å²) in [4.78, 5) is 10.1. The van der Waals surface area contributed by atoms with E-state index in [2.05, 4.69) is 0 Å². The summed E-state index contributed by atoms with van der Waals surface area (Å²) < 4.78 is 0. The van der Waals surface area contributed by atoms with Gasteiger partial charge < -0.3 is 5.73 Å². The summed E-state index contributed by atoms with van der Waals surface area (Å²) in [6.07, 6.45) is 2.04. The van der Waals surface area contributed by atoms with Crippen LogP contribution in [-0.4, -0.2) is 6.29 Å². The van der Waals surface area contributed by atoms with Crippen LogP contribution in [0.4, 0.5) is 0 Å². The van der Waals surface area contributed by atoms with Crippen LogP contribution in [0.2, 0.25) is 0 Å². The molecule has 2 heteroatoms. The van der Waals surface area contributed by atoms with Crippen molar-refractivity contribution in [1.29, 1.82) is 0 Å². The van der Waals surface area contributed by atoms with Crippen molar-refractivity contribution in [3.05, 3.63) is 41.5 Å². The van der Waals surface area contributed by atoms with E-state index in [0.717, 1.165) is 5.56 Å². The van der Waals surface area contributed by atoms with Gasteiger partial charge in [0.15, 0.2) is 0 Å². The molecule has 2 nitrogen and oxygen atoms in total. The van der Waals surface area contributed by atoms with E-state index < -0.39 is 0 Å². The molecule has 0 aliphatic heterocycles. The molecule has 12 heavy (non-hydrogen) atoms. The molecule has 0 saturated carbocycles. The standard InChI is InChI=1S/C10H11NO/c1-8-2-4-9(5-3-8)10(11)6-7-12/h2-7H,11H2,1H3/b10-6-. The first-order valence-corrected chi connectivity index (χ1v) is 3.72. The van der Waals surface area contributed by atoms with Gasteiger partial charge in [-0.05, 0) is 12.5 Å². The molecule has 1 aromatic carbocycles. The van der Waals surface area contributed by atoms with Crippen LogP contribution >= 0.6 is 0 Å². The molecule has 0 radical (unpaired) electrons. The normalized spacial score (nSPS) is 11.2. The molecule has 2 N–H and O–H groups in total. The van der Waals surface area contributed by atoms with Crippen LogP contribution in [0, 0.1) is 6.92 Å². The molecule has 0 aliphatic carbocycles. The molecule has 0 bridgehead atoms. The maximum absolute atomic E-state index is 10.1. The van der Waals surface area contributed by atoms with Crippen molar-refractivity contribution in [1.82, 2.24) is 0 Å². The number of rotatable bonds is 2. The number of hydrogen-bond donors (Lipinski definition) is 1. The molecule has 62 valence electrons. The zero-order chi connectivity index (χ0) is 8.97. The predicted octanol–water partition coefficient (Wildman–Crippen LogP) is 1.49. The molecular formula is C10H11NO. The zero-order valence-corrected chi connectivity index (χ0v) is 6.95. The molecule has 0 atom stereocenters. The lowest BCUT2D eigenvalue weighted by Crippen LogP contribution is -1.96. The van der Waals surface area contributed by atoms with Gasteiger partial charge in [-0.2, -0.15) is 0 Å². The second-order valence-electron chi connectivity index (χ2n) is 2.62. The van der Waals surface area contributed by atoms with E-state index in [1.165, 1.54) is 11.6 Å². The first-order chi connectivity index (χ1) is 5.74. The van der Waals surface area contributed by atoms with E-state index in [9.17, 15) is 4.79 Å². The Bertz CT molecular complexity index is 298. The number of nitrogens with two attached hydrogens (primary N) is 1. The maximum Gasteiger partial charge on any atom is 0.144 e. The van der Waals surface area contributed by atoms with Gasteiger partial charge in [0.1, 0.15) is 6.29 Å². The van der Waals surface area contributed by atoms with Crippen LogP contribution < -0.4 is 5.73 Å². The van der Waals surface area contributed by atoms with Gasteiger partial charge in [-0.3, -0.25) is 4.79 Å². The van der Waals surface area contributed by atoms with Gasteiger partial charge in [0.05, 0.1) is 0 Å². The lowest BCUT2D eigenvalue weighted by molar-refractivity contribution is -0.104. The zero-order valence-electron chi connectivity index (χ0n) is 6.95. The van der Waals surface area contributed by atoms with Crippen molar-refractivity contribution < 1.29 is 4.79 Å². The van der Waals surface area contributed by atoms with Crippen molar-refractivity contribution in [2.24, 2.45) is 5.73 Å². The Morgan fingerprint density at radius 2 is 1.92 bits per heavy atom. The number of carbonyl (C=O) groups excluding carboxylic acids is 1. The Hall–Kier alpha value is -1.57. The van der Waals surface area contributed by atoms with Crippen molar-refractivity contribution in [3.8, 4) is 0 Å². The molecule has 0 saturated heterocycles. The summed E-state index contributed by atoms with van der Waals surface area (Å²) in [7, 11) is 0. The van der Waals surface area contributed by atoms with E-state index in [1.807, 2.05) is 31.2 Å². The first-order valence-electron chi connectivity index (χ1n) is 3.72. The topological polar surface area (TPSA) is 43.1 Å². The third kappa shape index (κ3) is 1.95. The highest BCUT2D eigenvalue weighted by atomic mass is 16.1. The van der Waals surface area contributed by atoms with Crippen molar-refractivity contribution in [2.45, 2.75) is 6.92 Å². The van der Waals surface area contributed by atoms with Gasteiger partial charge in [0, 0.05) is 11.8 Å². The number of carbonyl (C=O) groups is 1. The van der Waals surface area contributed by atoms with Gasteiger partial charge in [0.25, 0.3) is 0 Å². The van der Waals surface area contributed by atoms with Crippen LogP contribution in [0.5, 0.6) is 0 Å². The monoisotopic (exact) mass is 161 g/mol. The molecule has 0 spiro atoms. The SMILES string of the molecule is Cc1ccc(/C(N)=C/C=O)cc1. The fraction of sp³-hybridized carbons (Fsp3) is 0.100. The van der Waals surface area contributed by atoms with E-state index >= 15 is 0 Å². The highest BCUT2D eigenvalue weighted by Crippen LogP contribution is 2.08. The second kappa shape index (κ2) is 3.72. The summed E-state index contributed by atoms with van der Waals surface area (Å²) in [5.41, 5.74) is 8.15. The van der Waals surface area contributed by atoms with Crippen molar-refractivity contribution in [2.75, 3.05) is 0 Å². The Morgan fingerprint density at radius 3 is 2.42 bits per heavy atom. The number of benzene rings is 1. The average molecular weight is 161 g/mol. The summed E-state index contributed by atoms with van der Waals surface area (Å²) in [6, 6.07) is 7.71. The summed E-state index contributed by atoms with van der Waals surface area (Å²) in [5.74, 6) is 0. The molecule has 0 aliphatic rings. The molecule has 0 aromatic heterocycles. The number of aldehydes is 1. The molecule has 0 unspecified atom stereocenters. The molecule has 1 aromatic rings. The van der Waals surface area contributed by atoms with Gasteiger partial charge in [-0.1, -0.05) is 29.8 Å². The lowest BCUT2D eigenvalue weighted by atomic mass is 10.1. The molecular weight excluding hydrogens is 150 g/mol. The number of hydrogen-bond acceptors (Lipinski definition) is 2. The second-order valence-corrected chi connectivity index (χ2v) is 2.62. The summed E-state index contributed by atoms with van der Waals surface area (Å²) >= 11 is 0. The van der Waals surface area contributed by atoms with Crippen LogP contribution in [0.1, 0.15) is 11.1 Å². The summed E-state index contributed by atoms with van der Waals surface area (Å²) in [6.45, 7) is 2.00. The van der Waals surface area contributed by atoms with E-state index in [4.69, 9.17) is 5.73 Å². The van der Waals surface area contributed by atoms with Crippen molar-refractivity contribution in [3.63, 3.8) is 0 Å². The highest BCUT2D eigenvalue weighted by molar-refractivity contribution is 5.79. The largest absolute Gasteiger partial charge is 0.398 e. The Labute approximate surface area is 71.7 Å². The van der Waals surface area contributed by atoms with Crippen molar-refractivity contribution >= 4 is 12.0 Å². The van der Waals surface area contributed by atoms with Gasteiger partial charge in [0.2, 0.25) is 0 Å². The summed E-state index contributed by atoms with van der Waals surface area (Å²) in [5, 5.41) is 0. The molecule has 1 rings (SSSR count). The fourth-order valence-electron chi connectivity index (χ4n) is 0.916. The number of aryl methyl sites for hydroxylation is 1. The molecule has 0 amide bonds. The minimum atomic E-state index is 0.505. The van der Waals surface area contributed by atoms with Crippen LogP contribution in [-0.2, 0) is 4.79 Å². The lowest BCUT2D eigenvalue weighted by Gasteiger charge is -1.99. The minimum absolute atomic E-state index is 0.505. The quantitative estimate of drug-likeness (QED) is 0.527. The third-order valence-electron chi connectivity index (χ3n) is 1.63. The van der Waals surface area contributed by atoms with Crippen LogP contribution in [0.25, 0.3) is 5.70 Å². The Kier molecular flexibility index (Phi) is 2.64. The third-order valence-corrected chi connectivity index (χ3v) is 1.63. The minimum Gasteiger partial charge on any atom is -0.398 e. The Balaban J connectivity index is 2.97. The predicted molar refractivity (Wildman–Crippen MR) is 49.4 cm³/mol. The van der Waals surface area contributed by atoms with E-state index in [1.54, 1.807) is 0 Å². The van der Waals surface area contributed by atoms with E-state index in [-0.39, 0.29) is 0 Å². The molecule has 0 heterocycles. The van der Waals surface area contributed by atoms with Crippen LogP contribution in [0.3, 0.4) is 0 Å². The van der Waals surface area contributed by atoms with Crippen LogP contribution in [0.15, 0.2) is 30.3 Å².